The molecule has 0 fully saturated rings. The molecule has 224 valence electrons. The van der Waals surface area contributed by atoms with E-state index in [1.54, 1.807) is 0 Å². The van der Waals surface area contributed by atoms with E-state index in [4.69, 9.17) is 4.74 Å². The SMILES string of the molecule is CC(CCC(COc1ccc([Si](CCO)(c2ccccc2)c2ccccc2)cc1)C(C)CC(C)(C)C)CC(C)(C)C. The van der Waals surface area contributed by atoms with E-state index in [0.717, 1.165) is 24.3 Å². The molecule has 2 nitrogen and oxygen atoms in total. The van der Waals surface area contributed by atoms with Crippen molar-refractivity contribution in [2.75, 3.05) is 13.2 Å². The Morgan fingerprint density at radius 2 is 1.15 bits per heavy atom. The first kappa shape index (κ1) is 33.1. The van der Waals surface area contributed by atoms with Gasteiger partial charge in [0.2, 0.25) is 0 Å². The highest BCUT2D eigenvalue weighted by atomic mass is 28.3. The molecule has 0 aliphatic rings. The van der Waals surface area contributed by atoms with E-state index in [0.29, 0.717) is 22.7 Å². The van der Waals surface area contributed by atoms with Gasteiger partial charge in [-0.2, -0.15) is 0 Å². The summed E-state index contributed by atoms with van der Waals surface area (Å²) in [5.41, 5.74) is 0.685. The van der Waals surface area contributed by atoms with Gasteiger partial charge in [0.15, 0.2) is 8.07 Å². The van der Waals surface area contributed by atoms with E-state index in [2.05, 4.69) is 140 Å². The quantitative estimate of drug-likeness (QED) is 0.156. The highest BCUT2D eigenvalue weighted by Gasteiger charge is 2.38. The monoisotopic (exact) mass is 572 g/mol. The molecule has 0 saturated carbocycles. The van der Waals surface area contributed by atoms with Crippen molar-refractivity contribution in [3.8, 4) is 5.75 Å². The molecule has 0 bridgehead atoms. The lowest BCUT2D eigenvalue weighted by molar-refractivity contribution is 0.147. The second-order valence-electron chi connectivity index (χ2n) is 14.9. The maximum Gasteiger partial charge on any atom is 0.150 e. The number of benzene rings is 3. The van der Waals surface area contributed by atoms with E-state index >= 15 is 0 Å². The number of ether oxygens (including phenoxy) is 1. The van der Waals surface area contributed by atoms with Gasteiger partial charge in [-0.3, -0.25) is 0 Å². The van der Waals surface area contributed by atoms with Gasteiger partial charge in [0.25, 0.3) is 0 Å². The van der Waals surface area contributed by atoms with E-state index in [-0.39, 0.29) is 6.61 Å². The molecular weight excluding hydrogens is 517 g/mol. The highest BCUT2D eigenvalue weighted by molar-refractivity contribution is 7.11. The van der Waals surface area contributed by atoms with Crippen molar-refractivity contribution in [3.63, 3.8) is 0 Å². The van der Waals surface area contributed by atoms with Crippen molar-refractivity contribution in [2.45, 2.75) is 87.1 Å². The van der Waals surface area contributed by atoms with Crippen LogP contribution in [0.2, 0.25) is 6.04 Å². The molecule has 3 aromatic rings. The molecule has 3 aromatic carbocycles. The van der Waals surface area contributed by atoms with Crippen LogP contribution >= 0.6 is 0 Å². The fraction of sp³-hybridized carbons (Fsp3) is 0.526. The van der Waals surface area contributed by atoms with Gasteiger partial charge in [-0.15, -0.1) is 0 Å². The molecule has 41 heavy (non-hydrogen) atoms. The summed E-state index contributed by atoms with van der Waals surface area (Å²) >= 11 is 0. The van der Waals surface area contributed by atoms with Gasteiger partial charge in [-0.1, -0.05) is 135 Å². The van der Waals surface area contributed by atoms with Crippen LogP contribution in [0.5, 0.6) is 5.75 Å². The number of rotatable bonds is 14. The van der Waals surface area contributed by atoms with Crippen LogP contribution in [0.25, 0.3) is 0 Å². The van der Waals surface area contributed by atoms with Crippen LogP contribution in [0.4, 0.5) is 0 Å². The van der Waals surface area contributed by atoms with Gasteiger partial charge in [0.1, 0.15) is 5.75 Å². The molecule has 0 aromatic heterocycles. The zero-order chi connectivity index (χ0) is 30.1. The summed E-state index contributed by atoms with van der Waals surface area (Å²) in [6.07, 6.45) is 4.93. The fourth-order valence-electron chi connectivity index (χ4n) is 6.90. The summed E-state index contributed by atoms with van der Waals surface area (Å²) < 4.78 is 6.54. The third-order valence-corrected chi connectivity index (χ3v) is 13.5. The third-order valence-electron chi connectivity index (χ3n) is 8.56. The summed E-state index contributed by atoms with van der Waals surface area (Å²) in [5.74, 6) is 2.81. The first-order chi connectivity index (χ1) is 19.3. The lowest BCUT2D eigenvalue weighted by atomic mass is 9.76. The van der Waals surface area contributed by atoms with Gasteiger partial charge in [0, 0.05) is 6.61 Å². The average molecular weight is 573 g/mol. The summed E-state index contributed by atoms with van der Waals surface area (Å²) in [7, 11) is -2.39. The van der Waals surface area contributed by atoms with E-state index in [9.17, 15) is 5.11 Å². The van der Waals surface area contributed by atoms with Crippen LogP contribution in [0.15, 0.2) is 84.9 Å². The molecule has 0 aliphatic carbocycles. The van der Waals surface area contributed by atoms with Gasteiger partial charge in [0.05, 0.1) is 6.61 Å². The Kier molecular flexibility index (Phi) is 11.9. The maximum absolute atomic E-state index is 10.3. The smallest absolute Gasteiger partial charge is 0.150 e. The van der Waals surface area contributed by atoms with Gasteiger partial charge >= 0.3 is 0 Å². The van der Waals surface area contributed by atoms with E-state index < -0.39 is 8.07 Å². The number of hydrogen-bond donors (Lipinski definition) is 1. The second kappa shape index (κ2) is 14.7. The maximum atomic E-state index is 10.3. The van der Waals surface area contributed by atoms with Crippen molar-refractivity contribution in [2.24, 2.45) is 28.6 Å². The summed E-state index contributed by atoms with van der Waals surface area (Å²) in [6, 6.07) is 31.2. The summed E-state index contributed by atoms with van der Waals surface area (Å²) in [5, 5.41) is 14.2. The van der Waals surface area contributed by atoms with Crippen LogP contribution in [-0.2, 0) is 0 Å². The number of hydrogen-bond acceptors (Lipinski definition) is 2. The van der Waals surface area contributed by atoms with Crippen molar-refractivity contribution in [1.29, 1.82) is 0 Å². The Hall–Kier alpha value is -2.36. The Balaban J connectivity index is 1.83. The third kappa shape index (κ3) is 9.86. The standard InChI is InChI=1S/C38H56O2Si/c1-30(27-37(3,4)5)19-20-32(31(2)28-38(6,7)8)29-40-33-21-23-36(24-22-33)41(26-25-39,34-15-11-9-12-16-34)35-17-13-10-14-18-35/h9-18,21-24,30-32,39H,19-20,25-29H2,1-8H3. The summed E-state index contributed by atoms with van der Waals surface area (Å²) in [6.45, 7) is 19.9. The largest absolute Gasteiger partial charge is 0.493 e. The molecule has 1 N–H and O–H groups in total. The highest BCUT2D eigenvalue weighted by Crippen LogP contribution is 2.34. The van der Waals surface area contributed by atoms with Crippen molar-refractivity contribution in [3.05, 3.63) is 84.9 Å². The molecule has 0 saturated heterocycles. The molecule has 0 radical (unpaired) electrons. The summed E-state index contributed by atoms with van der Waals surface area (Å²) in [4.78, 5) is 0. The average Bonchev–Trinajstić information content (AvgIpc) is 2.91. The molecule has 3 rings (SSSR count). The molecule has 0 spiro atoms. The predicted molar refractivity (Wildman–Crippen MR) is 181 cm³/mol. The van der Waals surface area contributed by atoms with Gasteiger partial charge < -0.3 is 9.84 Å². The first-order valence-electron chi connectivity index (χ1n) is 15.8. The lowest BCUT2D eigenvalue weighted by Crippen LogP contribution is -2.67. The zero-order valence-electron chi connectivity index (χ0n) is 27.1. The Morgan fingerprint density at radius 3 is 1.61 bits per heavy atom. The first-order valence-corrected chi connectivity index (χ1v) is 18.0. The molecule has 3 heteroatoms. The fourth-order valence-corrected chi connectivity index (χ4v) is 11.4. The minimum absolute atomic E-state index is 0.162. The van der Waals surface area contributed by atoms with Crippen molar-refractivity contribution < 1.29 is 9.84 Å². The molecule has 0 amide bonds. The lowest BCUT2D eigenvalue weighted by Gasteiger charge is -2.33. The normalized spacial score (nSPS) is 14.9. The minimum Gasteiger partial charge on any atom is -0.493 e. The van der Waals surface area contributed by atoms with Gasteiger partial charge in [-0.25, -0.2) is 0 Å². The number of aliphatic hydroxyl groups excluding tert-OH is 1. The molecule has 0 aliphatic heterocycles. The van der Waals surface area contributed by atoms with Crippen LogP contribution in [0.3, 0.4) is 0 Å². The Morgan fingerprint density at radius 1 is 0.659 bits per heavy atom. The Labute approximate surface area is 252 Å². The van der Waals surface area contributed by atoms with E-state index in [1.165, 1.54) is 41.2 Å². The topological polar surface area (TPSA) is 29.5 Å². The van der Waals surface area contributed by atoms with Crippen molar-refractivity contribution in [1.82, 2.24) is 0 Å². The molecule has 0 heterocycles. The van der Waals surface area contributed by atoms with Crippen molar-refractivity contribution >= 4 is 23.6 Å². The number of aliphatic hydroxyl groups is 1. The Bertz CT molecular complexity index is 1100. The predicted octanol–water partition coefficient (Wildman–Crippen LogP) is 8.07. The van der Waals surface area contributed by atoms with Crippen LogP contribution in [0.1, 0.15) is 81.1 Å². The van der Waals surface area contributed by atoms with Crippen LogP contribution in [0, 0.1) is 28.6 Å². The molecule has 3 atom stereocenters. The van der Waals surface area contributed by atoms with E-state index in [1.807, 2.05) is 0 Å². The van der Waals surface area contributed by atoms with Crippen LogP contribution < -0.4 is 20.3 Å². The van der Waals surface area contributed by atoms with Crippen LogP contribution in [-0.4, -0.2) is 26.4 Å². The zero-order valence-corrected chi connectivity index (χ0v) is 28.1. The van der Waals surface area contributed by atoms with Gasteiger partial charge in [-0.05, 0) is 81.6 Å². The minimum atomic E-state index is -2.39. The second-order valence-corrected chi connectivity index (χ2v) is 18.9. The molecular formula is C38H56O2Si. The molecule has 3 unspecified atom stereocenters.